The summed E-state index contributed by atoms with van der Waals surface area (Å²) in [6.07, 6.45) is 1.58. The van der Waals surface area contributed by atoms with Gasteiger partial charge in [-0.2, -0.15) is 0 Å². The lowest BCUT2D eigenvalue weighted by Gasteiger charge is -2.18. The largest absolute Gasteiger partial charge is 0.494 e. The molecule has 0 atom stereocenters. The first-order valence-corrected chi connectivity index (χ1v) is 11.2. The fourth-order valence-corrected chi connectivity index (χ4v) is 4.62. The second kappa shape index (κ2) is 9.32. The molecule has 5 nitrogen and oxygen atoms in total. The third-order valence-electron chi connectivity index (χ3n) is 4.26. The molecule has 154 valence electrons. The van der Waals surface area contributed by atoms with Crippen molar-refractivity contribution in [2.75, 3.05) is 17.3 Å². The summed E-state index contributed by atoms with van der Waals surface area (Å²) in [5, 5.41) is 0.597. The molecule has 0 saturated carbocycles. The lowest BCUT2D eigenvalue weighted by Crippen LogP contribution is -2.31. The number of furan rings is 1. The van der Waals surface area contributed by atoms with Gasteiger partial charge in [0, 0.05) is 4.90 Å². The number of fused-ring (bicyclic) bond motifs is 1. The van der Waals surface area contributed by atoms with Gasteiger partial charge >= 0.3 is 0 Å². The Balaban J connectivity index is 1.58. The number of aromatic nitrogens is 1. The van der Waals surface area contributed by atoms with E-state index >= 15 is 0 Å². The zero-order valence-electron chi connectivity index (χ0n) is 16.2. The molecule has 0 fully saturated rings. The first-order chi connectivity index (χ1) is 14.6. The minimum atomic E-state index is -0.300. The van der Waals surface area contributed by atoms with Crippen LogP contribution in [0.3, 0.4) is 0 Å². The van der Waals surface area contributed by atoms with Gasteiger partial charge in [-0.05, 0) is 61.5 Å². The highest BCUT2D eigenvalue weighted by molar-refractivity contribution is 8.00. The number of ether oxygens (including phenoxy) is 1. The van der Waals surface area contributed by atoms with Crippen LogP contribution in [-0.2, 0) is 11.3 Å². The number of halogens is 1. The molecule has 4 rings (SSSR count). The molecule has 0 aliphatic rings. The molecule has 2 aromatic carbocycles. The first kappa shape index (κ1) is 20.4. The van der Waals surface area contributed by atoms with Gasteiger partial charge in [0.2, 0.25) is 5.91 Å². The third kappa shape index (κ3) is 4.83. The molecular formula is C22H19FN2O3S2. The molecule has 30 heavy (non-hydrogen) atoms. The molecule has 8 heteroatoms. The molecule has 0 aliphatic carbocycles. The number of thiazole rings is 1. The normalized spacial score (nSPS) is 11.0. The summed E-state index contributed by atoms with van der Waals surface area (Å²) in [6.45, 7) is 2.81. The van der Waals surface area contributed by atoms with Crippen molar-refractivity contribution in [2.24, 2.45) is 0 Å². The van der Waals surface area contributed by atoms with E-state index in [1.165, 1.54) is 35.2 Å². The fraction of sp³-hybridized carbons (Fsp3) is 0.182. The molecule has 2 heterocycles. The number of amides is 1. The topological polar surface area (TPSA) is 55.6 Å². The molecular weight excluding hydrogens is 423 g/mol. The van der Waals surface area contributed by atoms with Crippen LogP contribution < -0.4 is 9.64 Å². The van der Waals surface area contributed by atoms with Crippen LogP contribution in [0.1, 0.15) is 12.7 Å². The van der Waals surface area contributed by atoms with Crippen molar-refractivity contribution < 1.29 is 18.3 Å². The number of thioether (sulfide) groups is 1. The number of anilines is 1. The van der Waals surface area contributed by atoms with Crippen LogP contribution in [0.15, 0.2) is 70.2 Å². The third-order valence-corrected chi connectivity index (χ3v) is 6.30. The number of carbonyl (C=O) groups excluding carboxylic acids is 1. The zero-order valence-corrected chi connectivity index (χ0v) is 17.8. The Morgan fingerprint density at radius 3 is 2.80 bits per heavy atom. The van der Waals surface area contributed by atoms with Crippen LogP contribution in [0.5, 0.6) is 5.75 Å². The van der Waals surface area contributed by atoms with E-state index < -0.39 is 0 Å². The van der Waals surface area contributed by atoms with Gasteiger partial charge in [0.15, 0.2) is 5.13 Å². The van der Waals surface area contributed by atoms with Gasteiger partial charge in [-0.25, -0.2) is 9.37 Å². The molecule has 2 aromatic heterocycles. The minimum Gasteiger partial charge on any atom is -0.494 e. The maximum Gasteiger partial charge on any atom is 0.239 e. The highest BCUT2D eigenvalue weighted by Gasteiger charge is 2.21. The summed E-state index contributed by atoms with van der Waals surface area (Å²) in [5.41, 5.74) is 0.807. The van der Waals surface area contributed by atoms with Crippen LogP contribution in [-0.4, -0.2) is 23.3 Å². The summed E-state index contributed by atoms with van der Waals surface area (Å²) in [4.78, 5) is 20.2. The second-order valence-electron chi connectivity index (χ2n) is 6.36. The standard InChI is InChI=1S/C22H19FN2O3S2/c1-2-27-16-7-10-19-20(12-16)30-22(24-19)25(13-17-4-3-11-28-17)21(26)14-29-18-8-5-15(23)6-9-18/h3-12H,2,13-14H2,1H3. The maximum absolute atomic E-state index is 13.1. The number of hydrogen-bond acceptors (Lipinski definition) is 6. The second-order valence-corrected chi connectivity index (χ2v) is 8.42. The Kier molecular flexibility index (Phi) is 6.35. The van der Waals surface area contributed by atoms with Gasteiger partial charge in [-0.1, -0.05) is 11.3 Å². The Hall–Kier alpha value is -2.84. The van der Waals surface area contributed by atoms with Crippen molar-refractivity contribution in [1.29, 1.82) is 0 Å². The van der Waals surface area contributed by atoms with Crippen molar-refractivity contribution in [3.8, 4) is 5.75 Å². The predicted molar refractivity (Wildman–Crippen MR) is 118 cm³/mol. The van der Waals surface area contributed by atoms with Crippen LogP contribution in [0, 0.1) is 5.82 Å². The zero-order chi connectivity index (χ0) is 20.9. The maximum atomic E-state index is 13.1. The van der Waals surface area contributed by atoms with Crippen molar-refractivity contribution in [3.63, 3.8) is 0 Å². The van der Waals surface area contributed by atoms with Gasteiger partial charge in [0.1, 0.15) is 17.3 Å². The number of hydrogen-bond donors (Lipinski definition) is 0. The van der Waals surface area contributed by atoms with E-state index in [-0.39, 0.29) is 24.0 Å². The summed E-state index contributed by atoms with van der Waals surface area (Å²) >= 11 is 2.79. The quantitative estimate of drug-likeness (QED) is 0.325. The number of nitrogens with zero attached hydrogens (tertiary/aromatic N) is 2. The van der Waals surface area contributed by atoms with Gasteiger partial charge in [-0.15, -0.1) is 11.8 Å². The van der Waals surface area contributed by atoms with E-state index in [9.17, 15) is 9.18 Å². The van der Waals surface area contributed by atoms with Gasteiger partial charge in [-0.3, -0.25) is 9.69 Å². The molecule has 0 unspecified atom stereocenters. The molecule has 0 N–H and O–H groups in total. The van der Waals surface area contributed by atoms with E-state index in [4.69, 9.17) is 9.15 Å². The Morgan fingerprint density at radius 1 is 1.23 bits per heavy atom. The van der Waals surface area contributed by atoms with Crippen molar-refractivity contribution in [2.45, 2.75) is 18.4 Å². The Morgan fingerprint density at radius 2 is 2.07 bits per heavy atom. The lowest BCUT2D eigenvalue weighted by molar-refractivity contribution is -0.116. The lowest BCUT2D eigenvalue weighted by atomic mass is 10.3. The van der Waals surface area contributed by atoms with Crippen LogP contribution in [0.25, 0.3) is 10.2 Å². The molecule has 4 aromatic rings. The molecule has 1 amide bonds. The van der Waals surface area contributed by atoms with Crippen molar-refractivity contribution in [3.05, 3.63) is 72.4 Å². The van der Waals surface area contributed by atoms with E-state index in [1.54, 1.807) is 29.4 Å². The SMILES string of the molecule is CCOc1ccc2nc(N(Cc3ccco3)C(=O)CSc3ccc(F)cc3)sc2c1. The average Bonchev–Trinajstić information content (AvgIpc) is 3.41. The minimum absolute atomic E-state index is 0.107. The van der Waals surface area contributed by atoms with Gasteiger partial charge in [0.05, 0.1) is 35.4 Å². The first-order valence-electron chi connectivity index (χ1n) is 9.37. The molecule has 0 radical (unpaired) electrons. The summed E-state index contributed by atoms with van der Waals surface area (Å²) in [7, 11) is 0. The smallest absolute Gasteiger partial charge is 0.239 e. The van der Waals surface area contributed by atoms with Crippen LogP contribution in [0.2, 0.25) is 0 Å². The van der Waals surface area contributed by atoms with E-state index in [0.29, 0.717) is 17.5 Å². The highest BCUT2D eigenvalue weighted by atomic mass is 32.2. The summed E-state index contributed by atoms with van der Waals surface area (Å²) in [6, 6.07) is 15.4. The fourth-order valence-electron chi connectivity index (χ4n) is 2.84. The molecule has 0 saturated heterocycles. The van der Waals surface area contributed by atoms with Gasteiger partial charge < -0.3 is 9.15 Å². The Labute approximate surface area is 181 Å². The molecule has 0 aliphatic heterocycles. The molecule has 0 spiro atoms. The molecule has 0 bridgehead atoms. The van der Waals surface area contributed by atoms with E-state index in [0.717, 1.165) is 20.9 Å². The average molecular weight is 443 g/mol. The summed E-state index contributed by atoms with van der Waals surface area (Å²) in [5.74, 6) is 1.24. The van der Waals surface area contributed by atoms with E-state index in [2.05, 4.69) is 4.98 Å². The summed E-state index contributed by atoms with van der Waals surface area (Å²) < 4.78 is 25.1. The Bertz CT molecular complexity index is 1130. The van der Waals surface area contributed by atoms with Crippen LogP contribution in [0.4, 0.5) is 9.52 Å². The highest BCUT2D eigenvalue weighted by Crippen LogP contribution is 2.33. The van der Waals surface area contributed by atoms with Crippen molar-refractivity contribution in [1.82, 2.24) is 4.98 Å². The number of rotatable bonds is 8. The van der Waals surface area contributed by atoms with E-state index in [1.807, 2.05) is 31.2 Å². The van der Waals surface area contributed by atoms with Crippen LogP contribution >= 0.6 is 23.1 Å². The number of benzene rings is 2. The van der Waals surface area contributed by atoms with Crippen molar-refractivity contribution >= 4 is 44.4 Å². The number of carbonyl (C=O) groups is 1. The van der Waals surface area contributed by atoms with Gasteiger partial charge in [0.25, 0.3) is 0 Å². The monoisotopic (exact) mass is 442 g/mol. The predicted octanol–water partition coefficient (Wildman–Crippen LogP) is 5.75.